The molecule has 0 aliphatic rings. The van der Waals surface area contributed by atoms with E-state index in [-0.39, 0.29) is 12.1 Å². The van der Waals surface area contributed by atoms with Crippen LogP contribution in [-0.4, -0.2) is 5.78 Å². The third-order valence-corrected chi connectivity index (χ3v) is 2.89. The Labute approximate surface area is 119 Å². The van der Waals surface area contributed by atoms with Gasteiger partial charge in [0, 0.05) is 17.7 Å². The molecule has 0 spiro atoms. The third kappa shape index (κ3) is 2.34. The molecule has 2 rings (SSSR count). The lowest BCUT2D eigenvalue weighted by Crippen LogP contribution is -2.09. The summed E-state index contributed by atoms with van der Waals surface area (Å²) in [6.07, 6.45) is 0. The minimum atomic E-state index is -2.08. The Kier molecular flexibility index (Phi) is 3.95. The highest BCUT2D eigenvalue weighted by Crippen LogP contribution is 2.36. The molecule has 0 saturated heterocycles. The maximum atomic E-state index is 13.8. The lowest BCUT2D eigenvalue weighted by Gasteiger charge is -2.13. The van der Waals surface area contributed by atoms with Crippen LogP contribution in [-0.2, 0) is 0 Å². The normalized spacial score (nSPS) is 10.9. The molecule has 0 heterocycles. The zero-order chi connectivity index (χ0) is 16.8. The topological polar surface area (TPSA) is 17.1 Å². The van der Waals surface area contributed by atoms with Crippen LogP contribution >= 0.6 is 0 Å². The number of halogens is 7. The quantitative estimate of drug-likeness (QED) is 0.451. The van der Waals surface area contributed by atoms with Crippen molar-refractivity contribution in [3.8, 4) is 11.1 Å². The molecular weight excluding hydrogens is 317 g/mol. The zero-order valence-electron chi connectivity index (χ0n) is 10.7. The fourth-order valence-electron chi connectivity index (χ4n) is 1.97. The monoisotopic (exact) mass is 322 g/mol. The summed E-state index contributed by atoms with van der Waals surface area (Å²) < 4.78 is 94.6. The Morgan fingerprint density at radius 1 is 0.682 bits per heavy atom. The number of carbonyl (C=O) groups excluding carboxylic acids is 1. The van der Waals surface area contributed by atoms with Gasteiger partial charge in [0.2, 0.25) is 0 Å². The lowest BCUT2D eigenvalue weighted by atomic mass is 9.94. The first kappa shape index (κ1) is 16.0. The molecule has 2 aromatic carbocycles. The summed E-state index contributed by atoms with van der Waals surface area (Å²) >= 11 is 0. The van der Waals surface area contributed by atoms with E-state index in [9.17, 15) is 35.5 Å². The molecule has 0 amide bonds. The van der Waals surface area contributed by atoms with Crippen molar-refractivity contribution in [1.82, 2.24) is 0 Å². The van der Waals surface area contributed by atoms with Gasteiger partial charge in [-0.05, 0) is 6.92 Å². The number of hydrogen-bond donors (Lipinski definition) is 0. The van der Waals surface area contributed by atoms with E-state index < -0.39 is 63.2 Å². The Morgan fingerprint density at radius 3 is 1.45 bits per heavy atom. The van der Waals surface area contributed by atoms with E-state index in [2.05, 4.69) is 0 Å². The van der Waals surface area contributed by atoms with Crippen LogP contribution in [0.15, 0.2) is 12.1 Å². The predicted octanol–water partition coefficient (Wildman–Crippen LogP) is 4.53. The van der Waals surface area contributed by atoms with Crippen molar-refractivity contribution in [3.63, 3.8) is 0 Å². The zero-order valence-corrected chi connectivity index (χ0v) is 10.7. The molecule has 0 saturated carbocycles. The summed E-state index contributed by atoms with van der Waals surface area (Å²) in [6.45, 7) is 0.713. The van der Waals surface area contributed by atoms with Crippen molar-refractivity contribution in [2.75, 3.05) is 0 Å². The summed E-state index contributed by atoms with van der Waals surface area (Å²) in [5.41, 5.74) is -4.43. The Morgan fingerprint density at radius 2 is 1.05 bits per heavy atom. The van der Waals surface area contributed by atoms with Gasteiger partial charge in [-0.25, -0.2) is 30.7 Å². The second-order valence-electron chi connectivity index (χ2n) is 4.30. The van der Waals surface area contributed by atoms with Crippen LogP contribution in [0.5, 0.6) is 0 Å². The van der Waals surface area contributed by atoms with Gasteiger partial charge in [0.1, 0.15) is 5.82 Å². The van der Waals surface area contributed by atoms with E-state index in [0.717, 1.165) is 0 Å². The average Bonchev–Trinajstić information content (AvgIpc) is 2.41. The number of benzene rings is 2. The Bertz CT molecular complexity index is 773. The molecule has 0 N–H and O–H groups in total. The standard InChI is InChI=1S/C14H5F7O/c1-4(22)9-5(15)2-6(16)12(19)10(9)11-13(20)7(17)3-8(18)14(11)21/h2-3H,1H3. The van der Waals surface area contributed by atoms with Crippen LogP contribution in [0.2, 0.25) is 0 Å². The van der Waals surface area contributed by atoms with Crippen LogP contribution in [0.3, 0.4) is 0 Å². The highest BCUT2D eigenvalue weighted by atomic mass is 19.2. The fraction of sp³-hybridized carbons (Fsp3) is 0.0714. The van der Waals surface area contributed by atoms with Gasteiger partial charge in [-0.2, -0.15) is 0 Å². The second-order valence-corrected chi connectivity index (χ2v) is 4.30. The summed E-state index contributed by atoms with van der Waals surface area (Å²) in [5, 5.41) is 0. The first-order valence-electron chi connectivity index (χ1n) is 5.68. The van der Waals surface area contributed by atoms with E-state index in [0.29, 0.717) is 6.92 Å². The number of carbonyl (C=O) groups is 1. The molecule has 0 aliphatic carbocycles. The summed E-state index contributed by atoms with van der Waals surface area (Å²) in [4.78, 5) is 11.4. The van der Waals surface area contributed by atoms with Gasteiger partial charge in [0.15, 0.2) is 40.7 Å². The molecule has 22 heavy (non-hydrogen) atoms. The summed E-state index contributed by atoms with van der Waals surface area (Å²) in [5.74, 6) is -14.7. The molecule has 0 unspecified atom stereocenters. The van der Waals surface area contributed by atoms with Crippen LogP contribution in [0, 0.1) is 40.7 Å². The van der Waals surface area contributed by atoms with Crippen molar-refractivity contribution in [1.29, 1.82) is 0 Å². The van der Waals surface area contributed by atoms with Gasteiger partial charge in [0.05, 0.1) is 11.1 Å². The molecule has 8 heteroatoms. The molecule has 0 aromatic heterocycles. The van der Waals surface area contributed by atoms with Crippen LogP contribution < -0.4 is 0 Å². The van der Waals surface area contributed by atoms with Crippen LogP contribution in [0.25, 0.3) is 11.1 Å². The molecule has 1 nitrogen and oxygen atoms in total. The molecule has 0 fully saturated rings. The van der Waals surface area contributed by atoms with Crippen molar-refractivity contribution in [2.45, 2.75) is 6.92 Å². The van der Waals surface area contributed by atoms with Gasteiger partial charge in [-0.3, -0.25) is 4.79 Å². The molecular formula is C14H5F7O. The predicted molar refractivity (Wildman–Crippen MR) is 61.6 cm³/mol. The average molecular weight is 322 g/mol. The van der Waals surface area contributed by atoms with Crippen molar-refractivity contribution >= 4 is 5.78 Å². The van der Waals surface area contributed by atoms with E-state index in [4.69, 9.17) is 0 Å². The number of rotatable bonds is 2. The highest BCUT2D eigenvalue weighted by molar-refractivity contribution is 6.01. The molecule has 116 valence electrons. The Hall–Kier alpha value is -2.38. The van der Waals surface area contributed by atoms with E-state index in [1.165, 1.54) is 0 Å². The minimum absolute atomic E-state index is 0.0129. The third-order valence-electron chi connectivity index (χ3n) is 2.89. The lowest BCUT2D eigenvalue weighted by molar-refractivity contribution is 0.101. The summed E-state index contributed by atoms with van der Waals surface area (Å²) in [6, 6.07) is -0.170. The van der Waals surface area contributed by atoms with Gasteiger partial charge < -0.3 is 0 Å². The largest absolute Gasteiger partial charge is 0.294 e. The van der Waals surface area contributed by atoms with Crippen LogP contribution in [0.4, 0.5) is 30.7 Å². The molecule has 2 aromatic rings. The number of Topliss-reactive ketones (excluding diaryl/α,β-unsaturated/α-hetero) is 1. The first-order chi connectivity index (χ1) is 10.2. The van der Waals surface area contributed by atoms with Gasteiger partial charge in [-0.15, -0.1) is 0 Å². The second kappa shape index (κ2) is 5.43. The maximum Gasteiger partial charge on any atom is 0.169 e. The SMILES string of the molecule is CC(=O)c1c(F)cc(F)c(F)c1-c1c(F)c(F)cc(F)c1F. The number of hydrogen-bond acceptors (Lipinski definition) is 1. The highest BCUT2D eigenvalue weighted by Gasteiger charge is 2.30. The Balaban J connectivity index is 3.05. The van der Waals surface area contributed by atoms with E-state index in [1.54, 1.807) is 0 Å². The smallest absolute Gasteiger partial charge is 0.169 e. The first-order valence-corrected chi connectivity index (χ1v) is 5.68. The molecule has 0 radical (unpaired) electrons. The number of ketones is 1. The van der Waals surface area contributed by atoms with Gasteiger partial charge in [0.25, 0.3) is 0 Å². The van der Waals surface area contributed by atoms with Crippen molar-refractivity contribution < 1.29 is 35.5 Å². The van der Waals surface area contributed by atoms with Crippen molar-refractivity contribution in [2.24, 2.45) is 0 Å². The van der Waals surface area contributed by atoms with Gasteiger partial charge >= 0.3 is 0 Å². The molecule has 0 atom stereocenters. The molecule has 0 bridgehead atoms. The van der Waals surface area contributed by atoms with Crippen molar-refractivity contribution in [3.05, 3.63) is 58.4 Å². The molecule has 0 aliphatic heterocycles. The van der Waals surface area contributed by atoms with Crippen LogP contribution in [0.1, 0.15) is 17.3 Å². The van der Waals surface area contributed by atoms with E-state index in [1.807, 2.05) is 0 Å². The maximum absolute atomic E-state index is 13.8. The fourth-order valence-corrected chi connectivity index (χ4v) is 1.97. The summed E-state index contributed by atoms with van der Waals surface area (Å²) in [7, 11) is 0. The minimum Gasteiger partial charge on any atom is -0.294 e. The van der Waals surface area contributed by atoms with E-state index >= 15 is 0 Å². The van der Waals surface area contributed by atoms with Gasteiger partial charge in [-0.1, -0.05) is 0 Å².